The lowest BCUT2D eigenvalue weighted by Crippen LogP contribution is -2.59. The second-order valence-corrected chi connectivity index (χ2v) is 7.32. The Hall–Kier alpha value is -0.810. The highest BCUT2D eigenvalue weighted by atomic mass is 35.5. The van der Waals surface area contributed by atoms with Crippen LogP contribution in [0.25, 0.3) is 0 Å². The lowest BCUT2D eigenvalue weighted by atomic mass is 9.88. The van der Waals surface area contributed by atoms with Gasteiger partial charge in [-0.25, -0.2) is 0 Å². The summed E-state index contributed by atoms with van der Waals surface area (Å²) in [5, 5.41) is 0. The summed E-state index contributed by atoms with van der Waals surface area (Å²) in [6.07, 6.45) is 9.47. The van der Waals surface area contributed by atoms with Gasteiger partial charge in [0.2, 0.25) is 11.8 Å². The van der Waals surface area contributed by atoms with E-state index in [1.807, 2.05) is 9.80 Å². The number of carbonyl (C=O) groups is 2. The third-order valence-electron chi connectivity index (χ3n) is 5.75. The van der Waals surface area contributed by atoms with Crippen molar-refractivity contribution < 1.29 is 9.59 Å². The van der Waals surface area contributed by atoms with Gasteiger partial charge in [-0.1, -0.05) is 32.1 Å². The second-order valence-electron chi connectivity index (χ2n) is 7.32. The molecule has 0 aromatic carbocycles. The Labute approximate surface area is 145 Å². The molecule has 0 spiro atoms. The van der Waals surface area contributed by atoms with Gasteiger partial charge in [-0.15, -0.1) is 12.4 Å². The first kappa shape index (κ1) is 18.5. The minimum absolute atomic E-state index is 0. The number of piperazine rings is 1. The number of carbonyl (C=O) groups excluding carboxylic acids is 2. The highest BCUT2D eigenvalue weighted by Gasteiger charge is 2.41. The molecule has 1 aliphatic heterocycles. The first-order chi connectivity index (χ1) is 10.6. The molecule has 2 aliphatic carbocycles. The third-order valence-corrected chi connectivity index (χ3v) is 5.75. The number of hydrogen-bond acceptors (Lipinski definition) is 3. The van der Waals surface area contributed by atoms with Crippen LogP contribution in [0.5, 0.6) is 0 Å². The van der Waals surface area contributed by atoms with Gasteiger partial charge in [-0.3, -0.25) is 9.59 Å². The van der Waals surface area contributed by atoms with E-state index in [1.54, 1.807) is 0 Å². The Bertz CT molecular complexity index is 424. The fraction of sp³-hybridized carbons (Fsp3) is 0.882. The molecule has 0 atom stereocenters. The average molecular weight is 344 g/mol. The molecular formula is C17H30ClN3O2. The molecule has 5 nitrogen and oxygen atoms in total. The van der Waals surface area contributed by atoms with Crippen molar-refractivity contribution in [1.82, 2.24) is 9.80 Å². The Morgan fingerprint density at radius 1 is 0.826 bits per heavy atom. The summed E-state index contributed by atoms with van der Waals surface area (Å²) in [6, 6.07) is 0. The third kappa shape index (κ3) is 4.00. The summed E-state index contributed by atoms with van der Waals surface area (Å²) in [7, 11) is 0. The van der Waals surface area contributed by atoms with E-state index in [2.05, 4.69) is 0 Å². The van der Waals surface area contributed by atoms with Crippen LogP contribution in [0.1, 0.15) is 57.8 Å². The predicted octanol–water partition coefficient (Wildman–Crippen LogP) is 1.93. The fourth-order valence-electron chi connectivity index (χ4n) is 4.27. The summed E-state index contributed by atoms with van der Waals surface area (Å²) in [6.45, 7) is 2.65. The molecule has 0 aromatic rings. The minimum atomic E-state index is -0.629. The maximum atomic E-state index is 12.6. The highest BCUT2D eigenvalue weighted by molar-refractivity contribution is 5.87. The van der Waals surface area contributed by atoms with Gasteiger partial charge in [0.05, 0.1) is 5.54 Å². The number of amides is 2. The van der Waals surface area contributed by atoms with Crippen LogP contribution in [-0.4, -0.2) is 53.3 Å². The van der Waals surface area contributed by atoms with Crippen molar-refractivity contribution in [3.05, 3.63) is 0 Å². The van der Waals surface area contributed by atoms with Crippen LogP contribution in [0.3, 0.4) is 0 Å². The molecule has 2 saturated carbocycles. The minimum Gasteiger partial charge on any atom is -0.339 e. The van der Waals surface area contributed by atoms with Crippen LogP contribution in [0.4, 0.5) is 0 Å². The van der Waals surface area contributed by atoms with E-state index in [0.717, 1.165) is 38.5 Å². The Morgan fingerprint density at radius 2 is 1.35 bits per heavy atom. The normalized spacial score (nSPS) is 25.1. The van der Waals surface area contributed by atoms with Crippen LogP contribution in [0, 0.1) is 5.92 Å². The van der Waals surface area contributed by atoms with Crippen molar-refractivity contribution in [2.45, 2.75) is 63.3 Å². The molecule has 0 bridgehead atoms. The molecule has 0 radical (unpaired) electrons. The first-order valence-corrected chi connectivity index (χ1v) is 8.97. The van der Waals surface area contributed by atoms with Gasteiger partial charge in [0.15, 0.2) is 0 Å². The lowest BCUT2D eigenvalue weighted by molar-refractivity contribution is -0.145. The molecular weight excluding hydrogens is 314 g/mol. The first-order valence-electron chi connectivity index (χ1n) is 8.97. The van der Waals surface area contributed by atoms with Crippen LogP contribution in [-0.2, 0) is 9.59 Å². The smallest absolute Gasteiger partial charge is 0.242 e. The average Bonchev–Trinajstić information content (AvgIpc) is 3.02. The van der Waals surface area contributed by atoms with E-state index >= 15 is 0 Å². The molecule has 1 heterocycles. The van der Waals surface area contributed by atoms with E-state index < -0.39 is 5.54 Å². The number of rotatable bonds is 2. The van der Waals surface area contributed by atoms with Crippen LogP contribution >= 0.6 is 12.4 Å². The number of halogens is 1. The monoisotopic (exact) mass is 343 g/mol. The molecule has 2 N–H and O–H groups in total. The summed E-state index contributed by atoms with van der Waals surface area (Å²) >= 11 is 0. The molecule has 132 valence electrons. The van der Waals surface area contributed by atoms with E-state index in [1.165, 1.54) is 19.3 Å². The van der Waals surface area contributed by atoms with Crippen molar-refractivity contribution in [3.63, 3.8) is 0 Å². The molecule has 3 aliphatic rings. The van der Waals surface area contributed by atoms with Gasteiger partial charge in [0.1, 0.15) is 0 Å². The molecule has 2 amide bonds. The predicted molar refractivity (Wildman–Crippen MR) is 92.4 cm³/mol. The van der Waals surface area contributed by atoms with E-state index in [4.69, 9.17) is 5.73 Å². The molecule has 3 rings (SSSR count). The highest BCUT2D eigenvalue weighted by Crippen LogP contribution is 2.30. The molecule has 6 heteroatoms. The van der Waals surface area contributed by atoms with Gasteiger partial charge >= 0.3 is 0 Å². The van der Waals surface area contributed by atoms with Crippen molar-refractivity contribution in [3.8, 4) is 0 Å². The van der Waals surface area contributed by atoms with Crippen molar-refractivity contribution in [2.24, 2.45) is 11.7 Å². The molecule has 1 saturated heterocycles. The van der Waals surface area contributed by atoms with Gasteiger partial charge in [0, 0.05) is 32.1 Å². The number of nitrogens with zero attached hydrogens (tertiary/aromatic N) is 2. The van der Waals surface area contributed by atoms with E-state index in [9.17, 15) is 9.59 Å². The molecule has 23 heavy (non-hydrogen) atoms. The molecule has 0 unspecified atom stereocenters. The maximum absolute atomic E-state index is 12.6. The standard InChI is InChI=1S/C17H29N3O2.ClH/c18-17(8-4-5-9-17)16(22)20-12-10-19(11-13-20)15(21)14-6-2-1-3-7-14;/h14H,1-13,18H2;1H. The lowest BCUT2D eigenvalue weighted by Gasteiger charge is -2.39. The Balaban J connectivity index is 0.00000192. The number of nitrogens with two attached hydrogens (primary N) is 1. The molecule has 0 aromatic heterocycles. The van der Waals surface area contributed by atoms with Gasteiger partial charge < -0.3 is 15.5 Å². The SMILES string of the molecule is Cl.NC1(C(=O)N2CCN(C(=O)C3CCCCC3)CC2)CCCC1. The van der Waals surface area contributed by atoms with Crippen LogP contribution in [0.15, 0.2) is 0 Å². The summed E-state index contributed by atoms with van der Waals surface area (Å²) in [4.78, 5) is 29.0. The van der Waals surface area contributed by atoms with E-state index in [-0.39, 0.29) is 24.2 Å². The summed E-state index contributed by atoms with van der Waals surface area (Å²) in [5.74, 6) is 0.650. The van der Waals surface area contributed by atoms with Crippen molar-refractivity contribution >= 4 is 24.2 Å². The zero-order valence-corrected chi connectivity index (χ0v) is 14.8. The quantitative estimate of drug-likeness (QED) is 0.833. The van der Waals surface area contributed by atoms with Crippen LogP contribution in [0.2, 0.25) is 0 Å². The second kappa shape index (κ2) is 7.84. The van der Waals surface area contributed by atoms with Crippen LogP contribution < -0.4 is 5.73 Å². The fourth-order valence-corrected chi connectivity index (χ4v) is 4.27. The Morgan fingerprint density at radius 3 is 1.91 bits per heavy atom. The zero-order chi connectivity index (χ0) is 15.6. The topological polar surface area (TPSA) is 66.6 Å². The van der Waals surface area contributed by atoms with Crippen molar-refractivity contribution in [2.75, 3.05) is 26.2 Å². The van der Waals surface area contributed by atoms with Gasteiger partial charge in [0.25, 0.3) is 0 Å². The Kier molecular flexibility index (Phi) is 6.32. The van der Waals surface area contributed by atoms with Gasteiger partial charge in [-0.2, -0.15) is 0 Å². The zero-order valence-electron chi connectivity index (χ0n) is 14.0. The maximum Gasteiger partial charge on any atom is 0.242 e. The van der Waals surface area contributed by atoms with Gasteiger partial charge in [-0.05, 0) is 25.7 Å². The molecule has 3 fully saturated rings. The van der Waals surface area contributed by atoms with E-state index in [0.29, 0.717) is 32.1 Å². The largest absolute Gasteiger partial charge is 0.339 e. The number of hydrogen-bond donors (Lipinski definition) is 1. The summed E-state index contributed by atoms with van der Waals surface area (Å²) in [5.41, 5.74) is 5.64. The van der Waals surface area contributed by atoms with Crippen molar-refractivity contribution in [1.29, 1.82) is 0 Å². The summed E-state index contributed by atoms with van der Waals surface area (Å²) < 4.78 is 0.